The van der Waals surface area contributed by atoms with Crippen LogP contribution in [0.5, 0.6) is 0 Å². The van der Waals surface area contributed by atoms with Gasteiger partial charge in [0.15, 0.2) is 10.9 Å². The van der Waals surface area contributed by atoms with Gasteiger partial charge in [-0.05, 0) is 50.0 Å². The number of ether oxygens (including phenoxy) is 1. The zero-order valence-electron chi connectivity index (χ0n) is 14.9. The molecule has 0 radical (unpaired) electrons. The second kappa shape index (κ2) is 8.98. The number of nitrogens with zero attached hydrogens (tertiary/aromatic N) is 1. The van der Waals surface area contributed by atoms with Crippen molar-refractivity contribution in [2.24, 2.45) is 0 Å². The Balaban J connectivity index is 1.60. The molecule has 2 N–H and O–H groups in total. The molecule has 0 bridgehead atoms. The molecule has 1 aromatic rings. The number of hydrogen-bond acceptors (Lipinski definition) is 6. The summed E-state index contributed by atoms with van der Waals surface area (Å²) in [7, 11) is 0. The molecular formula is C18H23N3O5S. The molecule has 0 spiro atoms. The van der Waals surface area contributed by atoms with Crippen molar-refractivity contribution in [3.63, 3.8) is 0 Å². The first-order chi connectivity index (χ1) is 13.0. The number of carbonyl (C=O) groups is 3. The van der Waals surface area contributed by atoms with Crippen LogP contribution in [0.25, 0.3) is 0 Å². The van der Waals surface area contributed by atoms with E-state index in [2.05, 4.69) is 10.6 Å². The molecule has 1 aliphatic carbocycles. The molecule has 27 heavy (non-hydrogen) atoms. The van der Waals surface area contributed by atoms with Crippen molar-refractivity contribution < 1.29 is 23.5 Å². The van der Waals surface area contributed by atoms with Gasteiger partial charge in [0, 0.05) is 13.1 Å². The summed E-state index contributed by atoms with van der Waals surface area (Å²) >= 11 is 5.29. The molecular weight excluding hydrogens is 370 g/mol. The summed E-state index contributed by atoms with van der Waals surface area (Å²) in [6, 6.07) is 2.30. The maximum Gasteiger partial charge on any atom is 0.308 e. The Hall–Kier alpha value is -2.42. The van der Waals surface area contributed by atoms with Crippen LogP contribution < -0.4 is 10.6 Å². The molecule has 1 atom stereocenters. The smallest absolute Gasteiger partial charge is 0.308 e. The lowest BCUT2D eigenvalue weighted by Gasteiger charge is -2.36. The normalized spacial score (nSPS) is 20.7. The third-order valence-corrected chi connectivity index (χ3v) is 5.10. The van der Waals surface area contributed by atoms with E-state index in [-0.39, 0.29) is 29.3 Å². The number of esters is 1. The molecule has 0 aromatic carbocycles. The van der Waals surface area contributed by atoms with Crippen molar-refractivity contribution >= 4 is 35.1 Å². The van der Waals surface area contributed by atoms with Gasteiger partial charge in [0.1, 0.15) is 12.1 Å². The molecule has 2 fully saturated rings. The van der Waals surface area contributed by atoms with Crippen molar-refractivity contribution in [3.8, 4) is 0 Å². The highest BCUT2D eigenvalue weighted by molar-refractivity contribution is 7.80. The number of amides is 2. The second-order valence-electron chi connectivity index (χ2n) is 6.69. The molecule has 9 heteroatoms. The summed E-state index contributed by atoms with van der Waals surface area (Å²) in [5.41, 5.74) is 0. The maximum atomic E-state index is 12.3. The highest BCUT2D eigenvalue weighted by Crippen LogP contribution is 2.21. The van der Waals surface area contributed by atoms with E-state index in [1.807, 2.05) is 0 Å². The molecule has 1 saturated heterocycles. The fourth-order valence-electron chi connectivity index (χ4n) is 3.37. The molecule has 3 rings (SSSR count). The summed E-state index contributed by atoms with van der Waals surface area (Å²) in [4.78, 5) is 38.3. The third kappa shape index (κ3) is 5.06. The molecule has 1 aromatic heterocycles. The first kappa shape index (κ1) is 19.3. The molecule has 2 amide bonds. The standard InChI is InChI=1S/C18H23N3O5S/c22-15(26-12-5-2-1-3-6-12)11-13-16(23)19-8-9-21(13)18(27)20-17(24)14-7-4-10-25-14/h4,7,10,12-13H,1-3,5-6,8-9,11H2,(H,19,23)(H,20,24,27). The minimum Gasteiger partial charge on any atom is -0.462 e. The number of carbonyl (C=O) groups excluding carboxylic acids is 3. The Morgan fingerprint density at radius 2 is 2.11 bits per heavy atom. The van der Waals surface area contributed by atoms with Gasteiger partial charge in [0.05, 0.1) is 12.7 Å². The molecule has 1 unspecified atom stereocenters. The van der Waals surface area contributed by atoms with Crippen molar-refractivity contribution in [1.29, 1.82) is 0 Å². The minimum atomic E-state index is -0.806. The summed E-state index contributed by atoms with van der Waals surface area (Å²) in [6.07, 6.45) is 6.20. The van der Waals surface area contributed by atoms with Gasteiger partial charge >= 0.3 is 5.97 Å². The maximum absolute atomic E-state index is 12.3. The number of thiocarbonyl (C=S) groups is 1. The molecule has 146 valence electrons. The van der Waals surface area contributed by atoms with E-state index >= 15 is 0 Å². The van der Waals surface area contributed by atoms with Gasteiger partial charge in [-0.3, -0.25) is 19.7 Å². The van der Waals surface area contributed by atoms with Gasteiger partial charge in [0.2, 0.25) is 5.91 Å². The Labute approximate surface area is 162 Å². The Morgan fingerprint density at radius 1 is 1.33 bits per heavy atom. The summed E-state index contributed by atoms with van der Waals surface area (Å²) < 4.78 is 10.6. The predicted molar refractivity (Wildman–Crippen MR) is 99.9 cm³/mol. The van der Waals surface area contributed by atoms with Crippen LogP contribution in [0.2, 0.25) is 0 Å². The highest BCUT2D eigenvalue weighted by Gasteiger charge is 2.35. The lowest BCUT2D eigenvalue weighted by Crippen LogP contribution is -2.60. The van der Waals surface area contributed by atoms with Crippen LogP contribution in [-0.2, 0) is 14.3 Å². The van der Waals surface area contributed by atoms with Gasteiger partial charge in [-0.25, -0.2) is 0 Å². The fraction of sp³-hybridized carbons (Fsp3) is 0.556. The average Bonchev–Trinajstić information content (AvgIpc) is 3.19. The third-order valence-electron chi connectivity index (χ3n) is 4.77. The molecule has 2 heterocycles. The van der Waals surface area contributed by atoms with Crippen molar-refractivity contribution in [2.45, 2.75) is 50.7 Å². The largest absolute Gasteiger partial charge is 0.462 e. The van der Waals surface area contributed by atoms with Crippen LogP contribution in [0.15, 0.2) is 22.8 Å². The monoisotopic (exact) mass is 393 g/mol. The second-order valence-corrected chi connectivity index (χ2v) is 7.08. The molecule has 8 nitrogen and oxygen atoms in total. The van der Waals surface area contributed by atoms with Crippen LogP contribution in [0, 0.1) is 0 Å². The van der Waals surface area contributed by atoms with Gasteiger partial charge in [-0.15, -0.1) is 0 Å². The van der Waals surface area contributed by atoms with E-state index in [4.69, 9.17) is 21.4 Å². The number of piperazine rings is 1. The van der Waals surface area contributed by atoms with Crippen LogP contribution in [0.4, 0.5) is 0 Å². The first-order valence-electron chi connectivity index (χ1n) is 9.17. The minimum absolute atomic E-state index is 0.0723. The van der Waals surface area contributed by atoms with E-state index in [1.165, 1.54) is 12.3 Å². The van der Waals surface area contributed by atoms with Crippen LogP contribution in [-0.4, -0.2) is 53.0 Å². The van der Waals surface area contributed by atoms with Crippen LogP contribution in [0.3, 0.4) is 0 Å². The Morgan fingerprint density at radius 3 is 2.81 bits per heavy atom. The van der Waals surface area contributed by atoms with Gasteiger partial charge < -0.3 is 19.4 Å². The Bertz CT molecular complexity index is 700. The number of hydrogen-bond donors (Lipinski definition) is 2. The Kier molecular flexibility index (Phi) is 6.44. The van der Waals surface area contributed by atoms with Crippen molar-refractivity contribution in [3.05, 3.63) is 24.2 Å². The quantitative estimate of drug-likeness (QED) is 0.588. The number of rotatable bonds is 4. The molecule has 1 saturated carbocycles. The van der Waals surface area contributed by atoms with E-state index in [0.29, 0.717) is 13.1 Å². The van der Waals surface area contributed by atoms with Crippen molar-refractivity contribution in [2.75, 3.05) is 13.1 Å². The van der Waals surface area contributed by atoms with Gasteiger partial charge in [0.25, 0.3) is 5.91 Å². The highest BCUT2D eigenvalue weighted by atomic mass is 32.1. The zero-order chi connectivity index (χ0) is 19.2. The van der Waals surface area contributed by atoms with Crippen LogP contribution >= 0.6 is 12.2 Å². The molecule has 1 aliphatic heterocycles. The SMILES string of the molecule is O=C(CC1C(=O)NCCN1C(=S)NC(=O)c1ccco1)OC1CCCCC1. The topological polar surface area (TPSA) is 101 Å². The van der Waals surface area contributed by atoms with Gasteiger partial charge in [-0.1, -0.05) is 6.42 Å². The van der Waals surface area contributed by atoms with Gasteiger partial charge in [-0.2, -0.15) is 0 Å². The predicted octanol–water partition coefficient (Wildman–Crippen LogP) is 1.36. The summed E-state index contributed by atoms with van der Waals surface area (Å²) in [5.74, 6) is -1.11. The number of furan rings is 1. The van der Waals surface area contributed by atoms with Crippen molar-refractivity contribution in [1.82, 2.24) is 15.5 Å². The number of nitrogens with one attached hydrogen (secondary N) is 2. The first-order valence-corrected chi connectivity index (χ1v) is 9.58. The van der Waals surface area contributed by atoms with E-state index in [1.54, 1.807) is 11.0 Å². The van der Waals surface area contributed by atoms with Crippen LogP contribution in [0.1, 0.15) is 49.1 Å². The zero-order valence-corrected chi connectivity index (χ0v) is 15.8. The van der Waals surface area contributed by atoms with E-state index in [0.717, 1.165) is 32.1 Å². The van der Waals surface area contributed by atoms with E-state index < -0.39 is 17.9 Å². The molecule has 2 aliphatic rings. The average molecular weight is 393 g/mol. The lowest BCUT2D eigenvalue weighted by atomic mass is 9.98. The van der Waals surface area contributed by atoms with E-state index in [9.17, 15) is 14.4 Å². The fourth-order valence-corrected chi connectivity index (χ4v) is 3.69. The lowest BCUT2D eigenvalue weighted by molar-refractivity contribution is -0.153. The summed E-state index contributed by atoms with van der Waals surface area (Å²) in [5, 5.41) is 5.36. The summed E-state index contributed by atoms with van der Waals surface area (Å²) in [6.45, 7) is 0.772.